The Balaban J connectivity index is 1.49. The van der Waals surface area contributed by atoms with Crippen LogP contribution in [-0.4, -0.2) is 38.4 Å². The van der Waals surface area contributed by atoms with Gasteiger partial charge in [0.25, 0.3) is 0 Å². The molecule has 0 aromatic carbocycles. The largest absolute Gasteiger partial charge is 0.357 e. The van der Waals surface area contributed by atoms with Crippen molar-refractivity contribution in [1.29, 1.82) is 0 Å². The van der Waals surface area contributed by atoms with Crippen LogP contribution in [0.5, 0.6) is 0 Å². The average Bonchev–Trinajstić information content (AvgIpc) is 3.20. The lowest BCUT2D eigenvalue weighted by Crippen LogP contribution is -2.38. The molecule has 0 fully saturated rings. The molecule has 0 saturated carbocycles. The van der Waals surface area contributed by atoms with Crippen LogP contribution in [-0.2, 0) is 26.1 Å². The lowest BCUT2D eigenvalue weighted by molar-refractivity contribution is 0.509. The van der Waals surface area contributed by atoms with E-state index >= 15 is 0 Å². The van der Waals surface area contributed by atoms with Crippen LogP contribution in [0.25, 0.3) is 0 Å². The van der Waals surface area contributed by atoms with Crippen molar-refractivity contribution in [2.45, 2.75) is 59.2 Å². The normalized spacial score (nSPS) is 14.3. The molecule has 0 spiro atoms. The SMILES string of the molecule is CCNC(=NCc1ncc(C)s1)NCCCn1nc2n(c1=O)CCCC2. The Morgan fingerprint density at radius 1 is 1.38 bits per heavy atom. The third kappa shape index (κ3) is 4.72. The van der Waals surface area contributed by atoms with Gasteiger partial charge in [-0.2, -0.15) is 5.10 Å². The highest BCUT2D eigenvalue weighted by molar-refractivity contribution is 7.11. The third-order valence-electron chi connectivity index (χ3n) is 4.26. The minimum atomic E-state index is 0.0272. The Kier molecular flexibility index (Phi) is 6.43. The van der Waals surface area contributed by atoms with E-state index in [-0.39, 0.29) is 5.69 Å². The van der Waals surface area contributed by atoms with Crippen molar-refractivity contribution in [2.75, 3.05) is 13.1 Å². The maximum absolute atomic E-state index is 12.3. The molecule has 2 aromatic heterocycles. The number of rotatable bonds is 7. The quantitative estimate of drug-likeness (QED) is 0.431. The minimum absolute atomic E-state index is 0.0272. The van der Waals surface area contributed by atoms with E-state index in [1.807, 2.05) is 24.6 Å². The highest BCUT2D eigenvalue weighted by atomic mass is 32.1. The fourth-order valence-corrected chi connectivity index (χ4v) is 3.70. The zero-order valence-electron chi connectivity index (χ0n) is 15.5. The van der Waals surface area contributed by atoms with E-state index in [0.717, 1.165) is 62.1 Å². The van der Waals surface area contributed by atoms with Crippen LogP contribution in [0.4, 0.5) is 0 Å². The molecule has 0 unspecified atom stereocenters. The summed E-state index contributed by atoms with van der Waals surface area (Å²) in [7, 11) is 0. The molecule has 0 bridgehead atoms. The van der Waals surface area contributed by atoms with E-state index in [4.69, 9.17) is 0 Å². The van der Waals surface area contributed by atoms with Gasteiger partial charge in [0, 0.05) is 43.7 Å². The number of nitrogens with zero attached hydrogens (tertiary/aromatic N) is 5. The molecule has 1 aliphatic rings. The molecule has 0 saturated heterocycles. The van der Waals surface area contributed by atoms with E-state index < -0.39 is 0 Å². The van der Waals surface area contributed by atoms with Gasteiger partial charge in [-0.05, 0) is 33.1 Å². The molecular weight excluding hydrogens is 350 g/mol. The summed E-state index contributed by atoms with van der Waals surface area (Å²) in [6, 6.07) is 0. The first-order valence-electron chi connectivity index (χ1n) is 9.27. The summed E-state index contributed by atoms with van der Waals surface area (Å²) < 4.78 is 3.42. The Labute approximate surface area is 157 Å². The maximum Gasteiger partial charge on any atom is 0.345 e. The van der Waals surface area contributed by atoms with Crippen LogP contribution in [0.1, 0.15) is 41.9 Å². The Morgan fingerprint density at radius 2 is 2.27 bits per heavy atom. The molecule has 1 aliphatic heterocycles. The van der Waals surface area contributed by atoms with E-state index in [0.29, 0.717) is 13.1 Å². The number of aryl methyl sites for hydroxylation is 3. The van der Waals surface area contributed by atoms with Crippen LogP contribution in [0.15, 0.2) is 16.0 Å². The molecule has 0 aliphatic carbocycles. The lowest BCUT2D eigenvalue weighted by Gasteiger charge is -2.10. The van der Waals surface area contributed by atoms with Crippen LogP contribution in [0.3, 0.4) is 0 Å². The second kappa shape index (κ2) is 8.98. The van der Waals surface area contributed by atoms with Crippen molar-refractivity contribution < 1.29 is 0 Å². The van der Waals surface area contributed by atoms with Crippen molar-refractivity contribution in [3.05, 3.63) is 32.4 Å². The van der Waals surface area contributed by atoms with E-state index in [1.54, 1.807) is 16.0 Å². The molecular formula is C17H27N7OS. The Hall–Kier alpha value is -2.16. The van der Waals surface area contributed by atoms with E-state index in [1.165, 1.54) is 4.88 Å². The van der Waals surface area contributed by atoms with E-state index in [9.17, 15) is 4.79 Å². The van der Waals surface area contributed by atoms with Crippen molar-refractivity contribution in [1.82, 2.24) is 30.0 Å². The summed E-state index contributed by atoms with van der Waals surface area (Å²) in [6.45, 7) is 7.62. The summed E-state index contributed by atoms with van der Waals surface area (Å²) in [5, 5.41) is 12.0. The predicted octanol–water partition coefficient (Wildman–Crippen LogP) is 1.29. The average molecular weight is 378 g/mol. The first kappa shape index (κ1) is 18.6. The first-order valence-corrected chi connectivity index (χ1v) is 10.1. The maximum atomic E-state index is 12.3. The minimum Gasteiger partial charge on any atom is -0.357 e. The molecule has 9 heteroatoms. The number of hydrogen-bond donors (Lipinski definition) is 2. The highest BCUT2D eigenvalue weighted by Crippen LogP contribution is 2.12. The first-order chi connectivity index (χ1) is 12.7. The van der Waals surface area contributed by atoms with Gasteiger partial charge in [-0.1, -0.05) is 0 Å². The molecule has 0 amide bonds. The zero-order chi connectivity index (χ0) is 18.4. The van der Waals surface area contributed by atoms with Crippen molar-refractivity contribution in [3.8, 4) is 0 Å². The second-order valence-electron chi connectivity index (χ2n) is 6.37. The molecule has 0 radical (unpaired) electrons. The lowest BCUT2D eigenvalue weighted by atomic mass is 10.2. The molecule has 2 aromatic rings. The van der Waals surface area contributed by atoms with Crippen LogP contribution < -0.4 is 16.3 Å². The van der Waals surface area contributed by atoms with Gasteiger partial charge in [0.2, 0.25) is 0 Å². The number of aromatic nitrogens is 4. The molecule has 2 N–H and O–H groups in total. The summed E-state index contributed by atoms with van der Waals surface area (Å²) >= 11 is 1.67. The summed E-state index contributed by atoms with van der Waals surface area (Å²) in [5.41, 5.74) is 0.0272. The van der Waals surface area contributed by atoms with Crippen LogP contribution in [0, 0.1) is 6.92 Å². The fourth-order valence-electron chi connectivity index (χ4n) is 2.99. The molecule has 3 heterocycles. The van der Waals surface area contributed by atoms with Gasteiger partial charge in [0.1, 0.15) is 10.8 Å². The third-order valence-corrected chi connectivity index (χ3v) is 5.15. The van der Waals surface area contributed by atoms with Crippen molar-refractivity contribution in [3.63, 3.8) is 0 Å². The molecule has 0 atom stereocenters. The number of fused-ring (bicyclic) bond motifs is 1. The standard InChI is InChI=1S/C17H27N7OS/c1-3-18-16(21-12-15-20-11-13(2)26-15)19-8-6-10-24-17(25)23-9-5-4-7-14(23)22-24/h11H,3-10,12H2,1-2H3,(H2,18,19,21). The van der Waals surface area contributed by atoms with Gasteiger partial charge < -0.3 is 10.6 Å². The number of nitrogens with one attached hydrogen (secondary N) is 2. The van der Waals surface area contributed by atoms with Gasteiger partial charge in [-0.25, -0.2) is 19.5 Å². The van der Waals surface area contributed by atoms with Crippen molar-refractivity contribution in [2.24, 2.45) is 4.99 Å². The number of guanidine groups is 1. The van der Waals surface area contributed by atoms with Gasteiger partial charge in [0.15, 0.2) is 5.96 Å². The van der Waals surface area contributed by atoms with E-state index in [2.05, 4.69) is 25.7 Å². The summed E-state index contributed by atoms with van der Waals surface area (Å²) in [4.78, 5) is 22.4. The second-order valence-corrected chi connectivity index (χ2v) is 7.69. The molecule has 26 heavy (non-hydrogen) atoms. The monoisotopic (exact) mass is 377 g/mol. The number of aliphatic imine (C=N–C) groups is 1. The zero-order valence-corrected chi connectivity index (χ0v) is 16.3. The Morgan fingerprint density at radius 3 is 3.00 bits per heavy atom. The number of hydrogen-bond acceptors (Lipinski definition) is 5. The Bertz CT molecular complexity index is 804. The molecule has 3 rings (SSSR count). The summed E-state index contributed by atoms with van der Waals surface area (Å²) in [6.07, 6.45) is 5.80. The highest BCUT2D eigenvalue weighted by Gasteiger charge is 2.16. The predicted molar refractivity (Wildman–Crippen MR) is 104 cm³/mol. The van der Waals surface area contributed by atoms with Gasteiger partial charge in [-0.3, -0.25) is 4.57 Å². The number of thiazole rings is 1. The van der Waals surface area contributed by atoms with Gasteiger partial charge in [-0.15, -0.1) is 11.3 Å². The molecule has 142 valence electrons. The van der Waals surface area contributed by atoms with Crippen LogP contribution >= 0.6 is 11.3 Å². The van der Waals surface area contributed by atoms with Crippen LogP contribution in [0.2, 0.25) is 0 Å². The fraction of sp³-hybridized carbons (Fsp3) is 0.647. The van der Waals surface area contributed by atoms with Gasteiger partial charge >= 0.3 is 5.69 Å². The topological polar surface area (TPSA) is 89.1 Å². The smallest absolute Gasteiger partial charge is 0.345 e. The molecule has 8 nitrogen and oxygen atoms in total. The van der Waals surface area contributed by atoms with Gasteiger partial charge in [0.05, 0.1) is 6.54 Å². The van der Waals surface area contributed by atoms with Crippen molar-refractivity contribution >= 4 is 17.3 Å². The summed E-state index contributed by atoms with van der Waals surface area (Å²) in [5.74, 6) is 1.71.